The standard InChI is InChI=1S/C6H4F3N3/c7-6(8,9)5-4(1-2-10)3-11-12-5/h3H,1H2,(H,11,12). The van der Waals surface area contributed by atoms with E-state index in [0.717, 1.165) is 6.20 Å². The minimum absolute atomic E-state index is 0.120. The van der Waals surface area contributed by atoms with Crippen LogP contribution in [0.3, 0.4) is 0 Å². The fourth-order valence-corrected chi connectivity index (χ4v) is 0.776. The first kappa shape index (κ1) is 8.59. The summed E-state index contributed by atoms with van der Waals surface area (Å²) >= 11 is 0. The van der Waals surface area contributed by atoms with Gasteiger partial charge in [-0.05, 0) is 0 Å². The van der Waals surface area contributed by atoms with E-state index < -0.39 is 11.9 Å². The molecule has 0 amide bonds. The van der Waals surface area contributed by atoms with Gasteiger partial charge in [0.05, 0.1) is 18.7 Å². The summed E-state index contributed by atoms with van der Waals surface area (Å²) in [6, 6.07) is 1.62. The Morgan fingerprint density at radius 3 is 2.75 bits per heavy atom. The molecule has 0 bridgehead atoms. The van der Waals surface area contributed by atoms with Gasteiger partial charge in [0.25, 0.3) is 0 Å². The van der Waals surface area contributed by atoms with Crippen molar-refractivity contribution in [1.82, 2.24) is 10.2 Å². The number of nitrogens with one attached hydrogen (secondary N) is 1. The molecule has 0 spiro atoms. The third kappa shape index (κ3) is 1.56. The molecule has 3 nitrogen and oxygen atoms in total. The van der Waals surface area contributed by atoms with Crippen molar-refractivity contribution in [2.45, 2.75) is 12.6 Å². The van der Waals surface area contributed by atoms with Gasteiger partial charge in [-0.2, -0.15) is 23.5 Å². The van der Waals surface area contributed by atoms with E-state index in [1.54, 1.807) is 11.2 Å². The number of nitrogens with zero attached hydrogens (tertiary/aromatic N) is 2. The molecule has 1 rings (SSSR count). The first-order valence-corrected chi connectivity index (χ1v) is 3.02. The SMILES string of the molecule is N#CCc1cn[nH]c1C(F)(F)F. The molecule has 0 aromatic carbocycles. The molecule has 12 heavy (non-hydrogen) atoms. The number of hydrogen-bond donors (Lipinski definition) is 1. The van der Waals surface area contributed by atoms with Crippen LogP contribution in [0.4, 0.5) is 13.2 Å². The molecule has 0 unspecified atom stereocenters. The van der Waals surface area contributed by atoms with E-state index in [4.69, 9.17) is 5.26 Å². The lowest BCUT2D eigenvalue weighted by atomic mass is 10.2. The van der Waals surface area contributed by atoms with E-state index >= 15 is 0 Å². The molecule has 0 atom stereocenters. The van der Waals surface area contributed by atoms with Gasteiger partial charge in [0.2, 0.25) is 0 Å². The van der Waals surface area contributed by atoms with Gasteiger partial charge in [-0.3, -0.25) is 5.10 Å². The lowest BCUT2D eigenvalue weighted by Gasteiger charge is -2.03. The Hall–Kier alpha value is -1.51. The molecule has 0 saturated heterocycles. The molecular formula is C6H4F3N3. The van der Waals surface area contributed by atoms with Crippen molar-refractivity contribution in [2.75, 3.05) is 0 Å². The molecule has 1 aromatic heterocycles. The van der Waals surface area contributed by atoms with Gasteiger partial charge in [-0.1, -0.05) is 0 Å². The Labute approximate surface area is 65.8 Å². The smallest absolute Gasteiger partial charge is 0.273 e. The third-order valence-electron chi connectivity index (χ3n) is 1.27. The topological polar surface area (TPSA) is 52.5 Å². The fourth-order valence-electron chi connectivity index (χ4n) is 0.776. The number of halogens is 3. The molecular weight excluding hydrogens is 171 g/mol. The zero-order valence-electron chi connectivity index (χ0n) is 5.81. The predicted octanol–water partition coefficient (Wildman–Crippen LogP) is 1.49. The number of rotatable bonds is 1. The van der Waals surface area contributed by atoms with E-state index in [-0.39, 0.29) is 12.0 Å². The first-order valence-electron chi connectivity index (χ1n) is 3.02. The van der Waals surface area contributed by atoms with Crippen molar-refractivity contribution in [3.05, 3.63) is 17.5 Å². The third-order valence-corrected chi connectivity index (χ3v) is 1.27. The summed E-state index contributed by atoms with van der Waals surface area (Å²) in [7, 11) is 0. The summed E-state index contributed by atoms with van der Waals surface area (Å²) in [5.41, 5.74) is -1.06. The van der Waals surface area contributed by atoms with Crippen molar-refractivity contribution in [2.24, 2.45) is 0 Å². The summed E-state index contributed by atoms with van der Waals surface area (Å²) in [4.78, 5) is 0. The van der Waals surface area contributed by atoms with Gasteiger partial charge in [0.15, 0.2) is 0 Å². The minimum atomic E-state index is -4.46. The summed E-state index contributed by atoms with van der Waals surface area (Å²) in [6.45, 7) is 0. The van der Waals surface area contributed by atoms with E-state index in [9.17, 15) is 13.2 Å². The van der Waals surface area contributed by atoms with Gasteiger partial charge < -0.3 is 0 Å². The minimum Gasteiger partial charge on any atom is -0.273 e. The predicted molar refractivity (Wildman–Crippen MR) is 32.9 cm³/mol. The maximum atomic E-state index is 12.0. The van der Waals surface area contributed by atoms with E-state index in [2.05, 4.69) is 5.10 Å². The second kappa shape index (κ2) is 2.85. The Balaban J connectivity index is 3.01. The highest BCUT2D eigenvalue weighted by atomic mass is 19.4. The monoisotopic (exact) mass is 175 g/mol. The van der Waals surface area contributed by atoms with Crippen LogP contribution in [0.2, 0.25) is 0 Å². The molecule has 0 aliphatic carbocycles. The maximum absolute atomic E-state index is 12.0. The van der Waals surface area contributed by atoms with E-state index in [1.807, 2.05) is 0 Å². The number of aromatic amines is 1. The van der Waals surface area contributed by atoms with Crippen LogP contribution in [0.1, 0.15) is 11.3 Å². The fraction of sp³-hybridized carbons (Fsp3) is 0.333. The number of alkyl halides is 3. The summed E-state index contributed by atoms with van der Waals surface area (Å²) < 4.78 is 36.1. The number of hydrogen-bond acceptors (Lipinski definition) is 2. The highest BCUT2D eigenvalue weighted by Crippen LogP contribution is 2.29. The van der Waals surface area contributed by atoms with Gasteiger partial charge in [-0.15, -0.1) is 0 Å². The number of H-pyrrole nitrogens is 1. The zero-order chi connectivity index (χ0) is 9.19. The molecule has 0 aliphatic heterocycles. The van der Waals surface area contributed by atoms with Crippen molar-refractivity contribution < 1.29 is 13.2 Å². The molecule has 6 heteroatoms. The normalized spacial score (nSPS) is 11.2. The Kier molecular flexibility index (Phi) is 2.04. The van der Waals surface area contributed by atoms with Crippen LogP contribution >= 0.6 is 0 Å². The molecule has 64 valence electrons. The quantitative estimate of drug-likeness (QED) is 0.703. The molecule has 1 N–H and O–H groups in total. The van der Waals surface area contributed by atoms with Gasteiger partial charge in [0, 0.05) is 5.56 Å². The lowest BCUT2D eigenvalue weighted by Crippen LogP contribution is -2.08. The van der Waals surface area contributed by atoms with Crippen LogP contribution in [-0.4, -0.2) is 10.2 Å². The summed E-state index contributed by atoms with van der Waals surface area (Å²) in [6.07, 6.45) is -3.74. The van der Waals surface area contributed by atoms with Crippen molar-refractivity contribution in [3.63, 3.8) is 0 Å². The summed E-state index contributed by atoms with van der Waals surface area (Å²) in [5.74, 6) is 0. The van der Waals surface area contributed by atoms with Crippen LogP contribution in [0.5, 0.6) is 0 Å². The average Bonchev–Trinajstić information content (AvgIpc) is 2.34. The Morgan fingerprint density at radius 2 is 2.25 bits per heavy atom. The van der Waals surface area contributed by atoms with E-state index in [0.29, 0.717) is 0 Å². The second-order valence-corrected chi connectivity index (χ2v) is 2.10. The van der Waals surface area contributed by atoms with Crippen LogP contribution in [-0.2, 0) is 12.6 Å². The Bertz CT molecular complexity index is 307. The van der Waals surface area contributed by atoms with Gasteiger partial charge in [-0.25, -0.2) is 0 Å². The van der Waals surface area contributed by atoms with Crippen LogP contribution in [0.25, 0.3) is 0 Å². The zero-order valence-corrected chi connectivity index (χ0v) is 5.81. The maximum Gasteiger partial charge on any atom is 0.433 e. The van der Waals surface area contributed by atoms with Gasteiger partial charge in [0.1, 0.15) is 5.69 Å². The lowest BCUT2D eigenvalue weighted by molar-refractivity contribution is -0.141. The number of aromatic nitrogens is 2. The van der Waals surface area contributed by atoms with Crippen LogP contribution in [0.15, 0.2) is 6.20 Å². The number of nitriles is 1. The largest absolute Gasteiger partial charge is 0.433 e. The summed E-state index contributed by atoms with van der Waals surface area (Å²) in [5, 5.41) is 13.2. The second-order valence-electron chi connectivity index (χ2n) is 2.10. The molecule has 0 saturated carbocycles. The highest BCUT2D eigenvalue weighted by molar-refractivity contribution is 5.22. The molecule has 0 aliphatic rings. The van der Waals surface area contributed by atoms with Crippen LogP contribution < -0.4 is 0 Å². The van der Waals surface area contributed by atoms with Crippen molar-refractivity contribution in [3.8, 4) is 6.07 Å². The van der Waals surface area contributed by atoms with Gasteiger partial charge >= 0.3 is 6.18 Å². The molecule has 1 aromatic rings. The first-order chi connectivity index (χ1) is 5.55. The van der Waals surface area contributed by atoms with E-state index in [1.165, 1.54) is 0 Å². The molecule has 0 fully saturated rings. The average molecular weight is 175 g/mol. The van der Waals surface area contributed by atoms with Crippen molar-refractivity contribution >= 4 is 0 Å². The van der Waals surface area contributed by atoms with Crippen LogP contribution in [0, 0.1) is 11.3 Å². The van der Waals surface area contributed by atoms with Crippen molar-refractivity contribution in [1.29, 1.82) is 5.26 Å². The molecule has 0 radical (unpaired) electrons. The molecule has 1 heterocycles. The highest BCUT2D eigenvalue weighted by Gasteiger charge is 2.35. The Morgan fingerprint density at radius 1 is 1.58 bits per heavy atom.